The number of rotatable bonds is 3. The molecule has 2 fully saturated rings. The summed E-state index contributed by atoms with van der Waals surface area (Å²) >= 11 is 0. The zero-order valence-electron chi connectivity index (χ0n) is 9.29. The van der Waals surface area contributed by atoms with Crippen LogP contribution in [0, 0.1) is 11.3 Å². The number of hydrogen-bond acceptors (Lipinski definition) is 3. The lowest BCUT2D eigenvalue weighted by molar-refractivity contribution is -0.116. The molecule has 3 nitrogen and oxygen atoms in total. The maximum atomic E-state index is 9.02. The highest BCUT2D eigenvalue weighted by atomic mass is 16.5. The van der Waals surface area contributed by atoms with Crippen molar-refractivity contribution in [1.82, 2.24) is 5.32 Å². The molecule has 0 aromatic rings. The van der Waals surface area contributed by atoms with E-state index in [2.05, 4.69) is 19.2 Å². The molecule has 1 aliphatic heterocycles. The van der Waals surface area contributed by atoms with Crippen LogP contribution >= 0.6 is 0 Å². The van der Waals surface area contributed by atoms with Crippen molar-refractivity contribution < 1.29 is 9.84 Å². The fourth-order valence-electron chi connectivity index (χ4n) is 3.02. The quantitative estimate of drug-likeness (QED) is 0.705. The van der Waals surface area contributed by atoms with Gasteiger partial charge in [-0.2, -0.15) is 0 Å². The molecular weight excluding hydrogens is 178 g/mol. The van der Waals surface area contributed by atoms with Gasteiger partial charge in [0.1, 0.15) is 0 Å². The van der Waals surface area contributed by atoms with E-state index in [1.807, 2.05) is 6.92 Å². The van der Waals surface area contributed by atoms with Gasteiger partial charge in [-0.15, -0.1) is 0 Å². The first kappa shape index (κ1) is 10.4. The average Bonchev–Trinajstić information content (AvgIpc) is 2.60. The van der Waals surface area contributed by atoms with Gasteiger partial charge >= 0.3 is 0 Å². The summed E-state index contributed by atoms with van der Waals surface area (Å²) in [6.07, 6.45) is 1.61. The van der Waals surface area contributed by atoms with Crippen LogP contribution < -0.4 is 5.32 Å². The van der Waals surface area contributed by atoms with E-state index in [0.29, 0.717) is 18.1 Å². The van der Waals surface area contributed by atoms with E-state index in [-0.39, 0.29) is 18.1 Å². The monoisotopic (exact) mass is 199 g/mol. The highest BCUT2D eigenvalue weighted by Crippen LogP contribution is 2.52. The van der Waals surface area contributed by atoms with Crippen LogP contribution in [0.3, 0.4) is 0 Å². The summed E-state index contributed by atoms with van der Waals surface area (Å²) in [7, 11) is 0. The molecule has 4 unspecified atom stereocenters. The lowest BCUT2D eigenvalue weighted by Crippen LogP contribution is -2.67. The normalized spacial score (nSPS) is 41.6. The SMILES string of the molecule is CC(CO)NC1C2CCOC2C1(C)C. The molecule has 3 heteroatoms. The van der Waals surface area contributed by atoms with Crippen LogP contribution in [0.25, 0.3) is 0 Å². The minimum atomic E-state index is 0.195. The van der Waals surface area contributed by atoms with Crippen LogP contribution in [-0.4, -0.2) is 36.5 Å². The van der Waals surface area contributed by atoms with E-state index in [1.54, 1.807) is 0 Å². The van der Waals surface area contributed by atoms with Crippen molar-refractivity contribution >= 4 is 0 Å². The van der Waals surface area contributed by atoms with Crippen molar-refractivity contribution in [1.29, 1.82) is 0 Å². The maximum absolute atomic E-state index is 9.02. The van der Waals surface area contributed by atoms with Gasteiger partial charge in [-0.25, -0.2) is 0 Å². The second-order valence-corrected chi connectivity index (χ2v) is 5.29. The van der Waals surface area contributed by atoms with Gasteiger partial charge < -0.3 is 15.2 Å². The van der Waals surface area contributed by atoms with E-state index < -0.39 is 0 Å². The molecule has 0 radical (unpaired) electrons. The van der Waals surface area contributed by atoms with Crippen LogP contribution in [0.1, 0.15) is 27.2 Å². The van der Waals surface area contributed by atoms with Crippen molar-refractivity contribution in [3.8, 4) is 0 Å². The number of aliphatic hydroxyl groups is 1. The molecule has 0 amide bonds. The number of hydrogen-bond donors (Lipinski definition) is 2. The minimum Gasteiger partial charge on any atom is -0.395 e. The Hall–Kier alpha value is -0.120. The zero-order valence-corrected chi connectivity index (χ0v) is 9.29. The predicted molar refractivity (Wildman–Crippen MR) is 55.1 cm³/mol. The summed E-state index contributed by atoms with van der Waals surface area (Å²) in [6, 6.07) is 0.706. The van der Waals surface area contributed by atoms with Crippen LogP contribution in [0.15, 0.2) is 0 Å². The maximum Gasteiger partial charge on any atom is 0.0685 e. The van der Waals surface area contributed by atoms with Crippen molar-refractivity contribution in [3.63, 3.8) is 0 Å². The van der Waals surface area contributed by atoms with Crippen molar-refractivity contribution in [2.75, 3.05) is 13.2 Å². The summed E-state index contributed by atoms with van der Waals surface area (Å²) in [4.78, 5) is 0. The average molecular weight is 199 g/mol. The number of ether oxygens (including phenoxy) is 1. The molecule has 0 bridgehead atoms. The summed E-state index contributed by atoms with van der Waals surface area (Å²) in [5.74, 6) is 0.666. The third-order valence-electron chi connectivity index (χ3n) is 3.84. The third kappa shape index (κ3) is 1.38. The van der Waals surface area contributed by atoms with Gasteiger partial charge in [0.25, 0.3) is 0 Å². The summed E-state index contributed by atoms with van der Waals surface area (Å²) in [6.45, 7) is 7.65. The largest absolute Gasteiger partial charge is 0.395 e. The van der Waals surface area contributed by atoms with Gasteiger partial charge in [-0.3, -0.25) is 0 Å². The summed E-state index contributed by atoms with van der Waals surface area (Å²) in [5.41, 5.74) is 0.227. The van der Waals surface area contributed by atoms with Crippen LogP contribution in [0.5, 0.6) is 0 Å². The molecule has 1 aliphatic carbocycles. The summed E-state index contributed by atoms with van der Waals surface area (Å²) < 4.78 is 5.71. The first-order valence-corrected chi connectivity index (χ1v) is 5.56. The van der Waals surface area contributed by atoms with Crippen molar-refractivity contribution in [3.05, 3.63) is 0 Å². The third-order valence-corrected chi connectivity index (χ3v) is 3.84. The first-order valence-electron chi connectivity index (χ1n) is 5.56. The van der Waals surface area contributed by atoms with Gasteiger partial charge in [0, 0.05) is 30.0 Å². The van der Waals surface area contributed by atoms with Crippen molar-refractivity contribution in [2.45, 2.75) is 45.4 Å². The Labute approximate surface area is 85.8 Å². The highest BCUT2D eigenvalue weighted by Gasteiger charge is 2.59. The standard InChI is InChI=1S/C11H21NO2/c1-7(6-13)12-9-8-4-5-14-10(8)11(9,2)3/h7-10,12-13H,4-6H2,1-3H3. The van der Waals surface area contributed by atoms with Gasteiger partial charge in [-0.05, 0) is 13.3 Å². The fourth-order valence-corrected chi connectivity index (χ4v) is 3.02. The first-order chi connectivity index (χ1) is 6.57. The predicted octanol–water partition coefficient (Wildman–Crippen LogP) is 0.770. The van der Waals surface area contributed by atoms with E-state index >= 15 is 0 Å². The van der Waals surface area contributed by atoms with E-state index in [0.717, 1.165) is 6.61 Å². The van der Waals surface area contributed by atoms with Gasteiger partial charge in [0.2, 0.25) is 0 Å². The molecule has 1 saturated heterocycles. The summed E-state index contributed by atoms with van der Waals surface area (Å²) in [5, 5.41) is 12.5. The molecular formula is C11H21NO2. The Balaban J connectivity index is 1.98. The molecule has 1 heterocycles. The van der Waals surface area contributed by atoms with Crippen LogP contribution in [0.4, 0.5) is 0 Å². The van der Waals surface area contributed by atoms with Gasteiger partial charge in [-0.1, -0.05) is 13.8 Å². The van der Waals surface area contributed by atoms with Crippen LogP contribution in [-0.2, 0) is 4.74 Å². The molecule has 2 N–H and O–H groups in total. The Morgan fingerprint density at radius 1 is 1.57 bits per heavy atom. The zero-order chi connectivity index (χ0) is 10.3. The Morgan fingerprint density at radius 2 is 2.29 bits per heavy atom. The number of nitrogens with one attached hydrogen (secondary N) is 1. The lowest BCUT2D eigenvalue weighted by atomic mass is 9.57. The van der Waals surface area contributed by atoms with E-state index in [1.165, 1.54) is 6.42 Å². The lowest BCUT2D eigenvalue weighted by Gasteiger charge is -2.55. The molecule has 82 valence electrons. The second kappa shape index (κ2) is 3.47. The molecule has 0 aromatic heterocycles. The second-order valence-electron chi connectivity index (χ2n) is 5.29. The Morgan fingerprint density at radius 3 is 2.93 bits per heavy atom. The molecule has 0 spiro atoms. The fraction of sp³-hybridized carbons (Fsp3) is 1.00. The highest BCUT2D eigenvalue weighted by molar-refractivity contribution is 5.11. The minimum absolute atomic E-state index is 0.195. The molecule has 1 saturated carbocycles. The Kier molecular flexibility index (Phi) is 2.58. The van der Waals surface area contributed by atoms with E-state index in [9.17, 15) is 0 Å². The molecule has 2 rings (SSSR count). The van der Waals surface area contributed by atoms with Gasteiger partial charge in [0.05, 0.1) is 12.7 Å². The van der Waals surface area contributed by atoms with E-state index in [4.69, 9.17) is 9.84 Å². The van der Waals surface area contributed by atoms with Crippen molar-refractivity contribution in [2.24, 2.45) is 11.3 Å². The smallest absolute Gasteiger partial charge is 0.0685 e. The van der Waals surface area contributed by atoms with Crippen LogP contribution in [0.2, 0.25) is 0 Å². The molecule has 4 atom stereocenters. The molecule has 2 aliphatic rings. The number of aliphatic hydroxyl groups excluding tert-OH is 1. The topological polar surface area (TPSA) is 41.5 Å². The Bertz CT molecular complexity index is 217. The molecule has 0 aromatic carbocycles. The van der Waals surface area contributed by atoms with Gasteiger partial charge in [0.15, 0.2) is 0 Å². The molecule has 14 heavy (non-hydrogen) atoms. The number of fused-ring (bicyclic) bond motifs is 1.